The molecule has 20 heavy (non-hydrogen) atoms. The average molecular weight is 289 g/mol. The Morgan fingerprint density at radius 1 is 1.25 bits per heavy atom. The molecule has 6 heteroatoms. The maximum atomic E-state index is 13.0. The van der Waals surface area contributed by atoms with Crippen molar-refractivity contribution in [1.29, 1.82) is 0 Å². The lowest BCUT2D eigenvalue weighted by Crippen LogP contribution is -2.60. The van der Waals surface area contributed by atoms with Crippen molar-refractivity contribution in [2.45, 2.75) is 38.6 Å². The summed E-state index contributed by atoms with van der Waals surface area (Å²) in [6, 6.07) is 8.48. The summed E-state index contributed by atoms with van der Waals surface area (Å²) < 4.78 is 43.8. The van der Waals surface area contributed by atoms with Gasteiger partial charge in [0.25, 0.3) is 0 Å². The van der Waals surface area contributed by atoms with Crippen molar-refractivity contribution in [2.75, 3.05) is 0 Å². The van der Waals surface area contributed by atoms with Crippen molar-refractivity contribution in [3.05, 3.63) is 35.9 Å². The molecule has 0 fully saturated rings. The number of benzene rings is 1. The first-order valence-corrected chi connectivity index (χ1v) is 6.23. The molecule has 2 N–H and O–H groups in total. The third kappa shape index (κ3) is 3.96. The van der Waals surface area contributed by atoms with Gasteiger partial charge in [0, 0.05) is 0 Å². The molecule has 0 aromatic heterocycles. The lowest BCUT2D eigenvalue weighted by atomic mass is 9.89. The fraction of sp³-hybridized carbons (Fsp3) is 0.500. The third-order valence-electron chi connectivity index (χ3n) is 2.81. The Labute approximate surface area is 115 Å². The summed E-state index contributed by atoms with van der Waals surface area (Å²) in [7, 11) is 0. The summed E-state index contributed by atoms with van der Waals surface area (Å²) in [6.07, 6.45) is -5.35. The normalized spacial score (nSPS) is 14.9. The summed E-state index contributed by atoms with van der Waals surface area (Å²) in [5.41, 5.74) is 2.93. The van der Waals surface area contributed by atoms with Gasteiger partial charge >= 0.3 is 12.1 Å². The number of ether oxygens (including phenoxy) is 1. The van der Waals surface area contributed by atoms with E-state index in [2.05, 4.69) is 0 Å². The molecule has 1 atom stereocenters. The highest BCUT2D eigenvalue weighted by atomic mass is 19.4. The van der Waals surface area contributed by atoms with Crippen molar-refractivity contribution < 1.29 is 22.7 Å². The highest BCUT2D eigenvalue weighted by Gasteiger charge is 2.58. The van der Waals surface area contributed by atoms with Crippen LogP contribution in [0.5, 0.6) is 0 Å². The standard InChI is InChI=1S/C14H18F3NO2/c1-10(2)8-13(18,14(15,16)17)12(19)20-9-11-6-4-3-5-7-11/h3-7,10H,8-9,18H2,1-2H3. The van der Waals surface area contributed by atoms with E-state index < -0.39 is 24.1 Å². The predicted octanol–water partition coefficient (Wildman–Crippen LogP) is 3.04. The van der Waals surface area contributed by atoms with Crippen LogP contribution in [0.4, 0.5) is 13.2 Å². The smallest absolute Gasteiger partial charge is 0.417 e. The Hall–Kier alpha value is -1.56. The molecule has 1 aromatic carbocycles. The number of hydrogen-bond acceptors (Lipinski definition) is 3. The van der Waals surface area contributed by atoms with Gasteiger partial charge in [-0.25, -0.2) is 4.79 Å². The molecule has 0 aliphatic rings. The highest BCUT2D eigenvalue weighted by Crippen LogP contribution is 2.34. The van der Waals surface area contributed by atoms with E-state index in [9.17, 15) is 18.0 Å². The Morgan fingerprint density at radius 2 is 1.80 bits per heavy atom. The number of hydrogen-bond donors (Lipinski definition) is 1. The van der Waals surface area contributed by atoms with Gasteiger partial charge in [0.1, 0.15) is 6.61 Å². The lowest BCUT2D eigenvalue weighted by Gasteiger charge is -2.30. The number of rotatable bonds is 5. The summed E-state index contributed by atoms with van der Waals surface area (Å²) in [5.74, 6) is -1.83. The molecule has 0 bridgehead atoms. The van der Waals surface area contributed by atoms with Gasteiger partial charge in [0.05, 0.1) is 0 Å². The quantitative estimate of drug-likeness (QED) is 0.848. The molecule has 3 nitrogen and oxygen atoms in total. The Bertz CT molecular complexity index is 445. The van der Waals surface area contributed by atoms with Gasteiger partial charge < -0.3 is 10.5 Å². The van der Waals surface area contributed by atoms with Gasteiger partial charge in [-0.1, -0.05) is 44.2 Å². The van der Waals surface area contributed by atoms with Crippen LogP contribution in [-0.4, -0.2) is 17.7 Å². The second-order valence-corrected chi connectivity index (χ2v) is 5.13. The highest BCUT2D eigenvalue weighted by molar-refractivity contribution is 5.81. The van der Waals surface area contributed by atoms with E-state index in [1.165, 1.54) is 0 Å². The van der Waals surface area contributed by atoms with Gasteiger partial charge in [-0.2, -0.15) is 13.2 Å². The number of carbonyl (C=O) groups is 1. The second kappa shape index (κ2) is 6.26. The largest absolute Gasteiger partial charge is 0.459 e. The Kier molecular flexibility index (Phi) is 5.16. The van der Waals surface area contributed by atoms with E-state index in [-0.39, 0.29) is 12.5 Å². The van der Waals surface area contributed by atoms with Crippen LogP contribution in [0.15, 0.2) is 30.3 Å². The number of nitrogens with two attached hydrogens (primary N) is 1. The summed E-state index contributed by atoms with van der Waals surface area (Å²) in [6.45, 7) is 2.91. The van der Waals surface area contributed by atoms with Crippen LogP contribution < -0.4 is 5.73 Å². The molecule has 1 rings (SSSR count). The van der Waals surface area contributed by atoms with Gasteiger partial charge in [0.2, 0.25) is 5.54 Å². The molecule has 0 amide bonds. The molecule has 112 valence electrons. The van der Waals surface area contributed by atoms with Crippen LogP contribution in [0.25, 0.3) is 0 Å². The van der Waals surface area contributed by atoms with Crippen LogP contribution in [0.2, 0.25) is 0 Å². The van der Waals surface area contributed by atoms with Crippen molar-refractivity contribution in [3.63, 3.8) is 0 Å². The minimum absolute atomic E-state index is 0.229. The monoisotopic (exact) mass is 289 g/mol. The van der Waals surface area contributed by atoms with Crippen molar-refractivity contribution in [2.24, 2.45) is 11.7 Å². The fourth-order valence-corrected chi connectivity index (χ4v) is 1.81. The molecular formula is C14H18F3NO2. The van der Waals surface area contributed by atoms with E-state index in [1.807, 2.05) is 0 Å². The summed E-state index contributed by atoms with van der Waals surface area (Å²) in [4.78, 5) is 11.8. The zero-order chi connectivity index (χ0) is 15.4. The number of alkyl halides is 3. The van der Waals surface area contributed by atoms with Crippen LogP contribution in [-0.2, 0) is 16.1 Å². The minimum Gasteiger partial charge on any atom is -0.459 e. The van der Waals surface area contributed by atoms with Crippen LogP contribution in [0.1, 0.15) is 25.8 Å². The SMILES string of the molecule is CC(C)CC(N)(C(=O)OCc1ccccc1)C(F)(F)F. The van der Waals surface area contributed by atoms with Gasteiger partial charge in [0.15, 0.2) is 0 Å². The van der Waals surface area contributed by atoms with E-state index in [0.29, 0.717) is 5.56 Å². The molecule has 0 aliphatic heterocycles. The number of carbonyl (C=O) groups excluding carboxylic acids is 1. The first-order valence-electron chi connectivity index (χ1n) is 6.23. The van der Waals surface area contributed by atoms with E-state index >= 15 is 0 Å². The van der Waals surface area contributed by atoms with Crippen molar-refractivity contribution in [1.82, 2.24) is 0 Å². The van der Waals surface area contributed by atoms with Crippen molar-refractivity contribution >= 4 is 5.97 Å². The summed E-state index contributed by atoms with van der Waals surface area (Å²) in [5, 5.41) is 0. The topological polar surface area (TPSA) is 52.3 Å². The first-order chi connectivity index (χ1) is 9.17. The molecule has 1 aromatic rings. The first kappa shape index (κ1) is 16.5. The van der Waals surface area contributed by atoms with E-state index in [1.54, 1.807) is 44.2 Å². The fourth-order valence-electron chi connectivity index (χ4n) is 1.81. The predicted molar refractivity (Wildman–Crippen MR) is 68.7 cm³/mol. The van der Waals surface area contributed by atoms with Gasteiger partial charge in [-0.05, 0) is 17.9 Å². The maximum absolute atomic E-state index is 13.0. The molecular weight excluding hydrogens is 271 g/mol. The van der Waals surface area contributed by atoms with Crippen LogP contribution in [0.3, 0.4) is 0 Å². The second-order valence-electron chi connectivity index (χ2n) is 5.13. The Morgan fingerprint density at radius 3 is 2.25 bits per heavy atom. The van der Waals surface area contributed by atoms with Crippen molar-refractivity contribution in [3.8, 4) is 0 Å². The molecule has 0 heterocycles. The molecule has 0 saturated carbocycles. The average Bonchev–Trinajstić information content (AvgIpc) is 2.35. The molecule has 0 saturated heterocycles. The van der Waals surface area contributed by atoms with E-state index in [4.69, 9.17) is 10.5 Å². The lowest BCUT2D eigenvalue weighted by molar-refractivity contribution is -0.209. The molecule has 1 unspecified atom stereocenters. The Balaban J connectivity index is 2.79. The third-order valence-corrected chi connectivity index (χ3v) is 2.81. The summed E-state index contributed by atoms with van der Waals surface area (Å²) >= 11 is 0. The molecule has 0 aliphatic carbocycles. The van der Waals surface area contributed by atoms with E-state index in [0.717, 1.165) is 0 Å². The van der Waals surface area contributed by atoms with Crippen LogP contribution >= 0.6 is 0 Å². The van der Waals surface area contributed by atoms with Gasteiger partial charge in [-0.3, -0.25) is 0 Å². The molecule has 0 spiro atoms. The number of halogens is 3. The molecule has 0 radical (unpaired) electrons. The van der Waals surface area contributed by atoms with Crippen LogP contribution in [0, 0.1) is 5.92 Å². The number of esters is 1. The zero-order valence-corrected chi connectivity index (χ0v) is 11.4. The van der Waals surface area contributed by atoms with Gasteiger partial charge in [-0.15, -0.1) is 0 Å². The minimum atomic E-state index is -4.84. The zero-order valence-electron chi connectivity index (χ0n) is 11.4. The maximum Gasteiger partial charge on any atom is 0.417 e.